The van der Waals surface area contributed by atoms with Crippen LogP contribution in [-0.4, -0.2) is 43.9 Å². The van der Waals surface area contributed by atoms with Crippen molar-refractivity contribution in [3.63, 3.8) is 0 Å². The molecule has 0 spiro atoms. The standard InChI is InChI=1S/C11H14Cl2N2O4S/c1-3-19-10(16)4-5-15(2)20(17,18)8-6-9(12)11(13)14-7-8/h6-7H,3-5H2,1-2H3. The van der Waals surface area contributed by atoms with Gasteiger partial charge in [-0.3, -0.25) is 4.79 Å². The van der Waals surface area contributed by atoms with Gasteiger partial charge in [0.15, 0.2) is 0 Å². The second-order valence-corrected chi connectivity index (χ2v) is 6.64. The Morgan fingerprint density at radius 1 is 1.45 bits per heavy atom. The van der Waals surface area contributed by atoms with Gasteiger partial charge >= 0.3 is 5.97 Å². The molecule has 112 valence electrons. The molecule has 1 aromatic rings. The van der Waals surface area contributed by atoms with E-state index in [2.05, 4.69) is 4.98 Å². The Bertz CT molecular complexity index is 592. The maximum atomic E-state index is 12.2. The first-order valence-corrected chi connectivity index (χ1v) is 7.91. The van der Waals surface area contributed by atoms with Gasteiger partial charge in [0.1, 0.15) is 10.0 Å². The number of halogens is 2. The van der Waals surface area contributed by atoms with Crippen molar-refractivity contribution in [3.05, 3.63) is 22.4 Å². The fraction of sp³-hybridized carbons (Fsp3) is 0.455. The van der Waals surface area contributed by atoms with Crippen molar-refractivity contribution in [1.29, 1.82) is 0 Å². The van der Waals surface area contributed by atoms with Crippen molar-refractivity contribution in [2.75, 3.05) is 20.2 Å². The highest BCUT2D eigenvalue weighted by Crippen LogP contribution is 2.23. The predicted molar refractivity (Wildman–Crippen MR) is 75.3 cm³/mol. The second-order valence-electron chi connectivity index (χ2n) is 3.83. The molecule has 0 amide bonds. The highest BCUT2D eigenvalue weighted by atomic mass is 35.5. The molecular weight excluding hydrogens is 327 g/mol. The normalized spacial score (nSPS) is 11.7. The molecule has 0 saturated carbocycles. The highest BCUT2D eigenvalue weighted by Gasteiger charge is 2.22. The molecule has 0 aliphatic heterocycles. The minimum absolute atomic E-state index is 0.00140. The lowest BCUT2D eigenvalue weighted by Crippen LogP contribution is -2.29. The molecule has 6 nitrogen and oxygen atoms in total. The number of esters is 1. The van der Waals surface area contributed by atoms with Crippen molar-refractivity contribution in [2.45, 2.75) is 18.2 Å². The van der Waals surface area contributed by atoms with E-state index in [0.717, 1.165) is 10.5 Å². The van der Waals surface area contributed by atoms with Crippen LogP contribution in [0, 0.1) is 0 Å². The molecule has 0 saturated heterocycles. The van der Waals surface area contributed by atoms with Gasteiger partial charge in [-0.25, -0.2) is 17.7 Å². The Hall–Kier alpha value is -0.890. The summed E-state index contributed by atoms with van der Waals surface area (Å²) in [4.78, 5) is 14.8. The summed E-state index contributed by atoms with van der Waals surface area (Å²) in [6.07, 6.45) is 1.09. The van der Waals surface area contributed by atoms with E-state index in [1.165, 1.54) is 13.1 Å². The van der Waals surface area contributed by atoms with Crippen LogP contribution in [0.15, 0.2) is 17.2 Å². The van der Waals surface area contributed by atoms with E-state index in [1.807, 2.05) is 0 Å². The van der Waals surface area contributed by atoms with Gasteiger partial charge in [-0.05, 0) is 13.0 Å². The van der Waals surface area contributed by atoms with E-state index in [1.54, 1.807) is 6.92 Å². The number of carbonyl (C=O) groups is 1. The van der Waals surface area contributed by atoms with Crippen LogP contribution < -0.4 is 0 Å². The molecule has 20 heavy (non-hydrogen) atoms. The first-order chi connectivity index (χ1) is 9.28. The van der Waals surface area contributed by atoms with Gasteiger partial charge in [-0.2, -0.15) is 0 Å². The number of pyridine rings is 1. The molecule has 0 bridgehead atoms. The lowest BCUT2D eigenvalue weighted by molar-refractivity contribution is -0.143. The summed E-state index contributed by atoms with van der Waals surface area (Å²) in [5, 5.41) is 0.0753. The SMILES string of the molecule is CCOC(=O)CCN(C)S(=O)(=O)c1cnc(Cl)c(Cl)c1. The third-order valence-electron chi connectivity index (χ3n) is 2.42. The molecule has 1 rings (SSSR count). The summed E-state index contributed by atoms with van der Waals surface area (Å²) in [7, 11) is -2.41. The van der Waals surface area contributed by atoms with Crippen LogP contribution in [0.5, 0.6) is 0 Å². The van der Waals surface area contributed by atoms with Crippen molar-refractivity contribution < 1.29 is 17.9 Å². The monoisotopic (exact) mass is 340 g/mol. The Balaban J connectivity index is 2.82. The van der Waals surface area contributed by atoms with Gasteiger partial charge < -0.3 is 4.74 Å². The van der Waals surface area contributed by atoms with Crippen LogP contribution >= 0.6 is 23.2 Å². The smallest absolute Gasteiger partial charge is 0.307 e. The molecule has 0 aliphatic rings. The molecule has 1 heterocycles. The largest absolute Gasteiger partial charge is 0.466 e. The number of sulfonamides is 1. The quantitative estimate of drug-likeness (QED) is 0.584. The van der Waals surface area contributed by atoms with E-state index < -0.39 is 16.0 Å². The maximum Gasteiger partial charge on any atom is 0.307 e. The lowest BCUT2D eigenvalue weighted by Gasteiger charge is -2.16. The van der Waals surface area contributed by atoms with Crippen molar-refractivity contribution in [1.82, 2.24) is 9.29 Å². The number of aromatic nitrogens is 1. The molecule has 0 radical (unpaired) electrons. The third kappa shape index (κ3) is 4.31. The Kier molecular flexibility index (Phi) is 6.19. The molecule has 9 heteroatoms. The second kappa shape index (κ2) is 7.21. The minimum atomic E-state index is -3.77. The number of ether oxygens (including phenoxy) is 1. The Labute approximate surface area is 127 Å². The summed E-state index contributed by atoms with van der Waals surface area (Å²) in [6, 6.07) is 1.22. The van der Waals surface area contributed by atoms with E-state index in [9.17, 15) is 13.2 Å². The fourth-order valence-corrected chi connectivity index (χ4v) is 2.81. The number of hydrogen-bond acceptors (Lipinski definition) is 5. The van der Waals surface area contributed by atoms with Gasteiger partial charge in [0.25, 0.3) is 0 Å². The summed E-state index contributed by atoms with van der Waals surface area (Å²) < 4.78 is 30.2. The average Bonchev–Trinajstić information content (AvgIpc) is 2.39. The number of hydrogen-bond donors (Lipinski definition) is 0. The number of carbonyl (C=O) groups excluding carboxylic acids is 1. The van der Waals surface area contributed by atoms with Crippen molar-refractivity contribution >= 4 is 39.2 Å². The van der Waals surface area contributed by atoms with E-state index in [0.29, 0.717) is 0 Å². The van der Waals surface area contributed by atoms with Crippen LogP contribution in [0.25, 0.3) is 0 Å². The average molecular weight is 341 g/mol. The van der Waals surface area contributed by atoms with Gasteiger partial charge in [-0.15, -0.1) is 0 Å². The maximum absolute atomic E-state index is 12.2. The van der Waals surface area contributed by atoms with Gasteiger partial charge in [0.2, 0.25) is 10.0 Å². The van der Waals surface area contributed by atoms with E-state index >= 15 is 0 Å². The van der Waals surface area contributed by atoms with Gasteiger partial charge in [-0.1, -0.05) is 23.2 Å². The zero-order valence-electron chi connectivity index (χ0n) is 11.0. The van der Waals surface area contributed by atoms with Crippen LogP contribution in [-0.2, 0) is 19.6 Å². The summed E-state index contributed by atoms with van der Waals surface area (Å²) in [6.45, 7) is 1.94. The molecule has 0 aromatic carbocycles. The van der Waals surface area contributed by atoms with E-state index in [4.69, 9.17) is 27.9 Å². The number of rotatable bonds is 6. The third-order valence-corrected chi connectivity index (χ3v) is 4.92. The predicted octanol–water partition coefficient (Wildman–Crippen LogP) is 1.96. The number of nitrogens with zero attached hydrogens (tertiary/aromatic N) is 2. The Morgan fingerprint density at radius 2 is 2.10 bits per heavy atom. The van der Waals surface area contributed by atoms with Gasteiger partial charge in [0.05, 0.1) is 18.1 Å². The summed E-state index contributed by atoms with van der Waals surface area (Å²) >= 11 is 11.4. The molecular formula is C11H14Cl2N2O4S. The lowest BCUT2D eigenvalue weighted by atomic mass is 10.4. The molecule has 1 aromatic heterocycles. The van der Waals surface area contributed by atoms with Crippen LogP contribution in [0.2, 0.25) is 10.2 Å². The first-order valence-electron chi connectivity index (χ1n) is 5.72. The first kappa shape index (κ1) is 17.2. The summed E-state index contributed by atoms with van der Waals surface area (Å²) in [5.74, 6) is -0.457. The fourth-order valence-electron chi connectivity index (χ4n) is 1.33. The molecule has 0 aliphatic carbocycles. The zero-order valence-corrected chi connectivity index (χ0v) is 13.3. The molecule has 0 fully saturated rings. The Morgan fingerprint density at radius 3 is 2.65 bits per heavy atom. The van der Waals surface area contributed by atoms with E-state index in [-0.39, 0.29) is 34.6 Å². The van der Waals surface area contributed by atoms with Gasteiger partial charge in [0, 0.05) is 19.8 Å². The molecule has 0 N–H and O–H groups in total. The van der Waals surface area contributed by atoms with Crippen LogP contribution in [0.1, 0.15) is 13.3 Å². The molecule has 0 atom stereocenters. The van der Waals surface area contributed by atoms with Crippen LogP contribution in [0.4, 0.5) is 0 Å². The highest BCUT2D eigenvalue weighted by molar-refractivity contribution is 7.89. The van der Waals surface area contributed by atoms with Crippen LogP contribution in [0.3, 0.4) is 0 Å². The summed E-state index contributed by atoms with van der Waals surface area (Å²) in [5.41, 5.74) is 0. The topological polar surface area (TPSA) is 76.6 Å². The molecule has 0 unspecified atom stereocenters. The minimum Gasteiger partial charge on any atom is -0.466 e. The van der Waals surface area contributed by atoms with Crippen molar-refractivity contribution in [3.8, 4) is 0 Å². The zero-order chi connectivity index (χ0) is 15.3. The van der Waals surface area contributed by atoms with Crippen molar-refractivity contribution in [2.24, 2.45) is 0 Å².